The normalized spacial score (nSPS) is 16.3. The molecule has 3 N–H and O–H groups in total. The van der Waals surface area contributed by atoms with E-state index in [0.29, 0.717) is 41.1 Å². The molecule has 1 unspecified atom stereocenters. The number of carbonyl (C=O) groups is 1. The van der Waals surface area contributed by atoms with E-state index >= 15 is 0 Å². The Hall–Kier alpha value is -2.92. The van der Waals surface area contributed by atoms with Gasteiger partial charge in [0.1, 0.15) is 22.9 Å². The molecule has 0 bridgehead atoms. The van der Waals surface area contributed by atoms with Crippen LogP contribution in [0.15, 0.2) is 29.7 Å². The topological polar surface area (TPSA) is 85.8 Å². The van der Waals surface area contributed by atoms with Crippen molar-refractivity contribution in [3.05, 3.63) is 62.5 Å². The van der Waals surface area contributed by atoms with Crippen LogP contribution in [0.2, 0.25) is 5.02 Å². The molecular weight excluding hydrogens is 470 g/mol. The Morgan fingerprint density at radius 3 is 2.78 bits per heavy atom. The number of allylic oxidation sites excluding steroid dienone is 2. The van der Waals surface area contributed by atoms with E-state index in [0.717, 1.165) is 6.07 Å². The second kappa shape index (κ2) is 8.21. The zero-order valence-electron chi connectivity index (χ0n) is 16.5. The number of hydrogen-bond donors (Lipinski definition) is 2. The van der Waals surface area contributed by atoms with Crippen LogP contribution in [0.5, 0.6) is 0 Å². The van der Waals surface area contributed by atoms with E-state index in [2.05, 4.69) is 15.4 Å². The Balaban J connectivity index is 1.63. The number of nitrogen functional groups attached to an aromatic ring is 1. The maximum absolute atomic E-state index is 13.4. The highest BCUT2D eigenvalue weighted by Crippen LogP contribution is 2.41. The van der Waals surface area contributed by atoms with E-state index in [-0.39, 0.29) is 28.0 Å². The number of nitrogens with one attached hydrogen (secondary N) is 1. The van der Waals surface area contributed by atoms with Crippen LogP contribution >= 0.6 is 22.9 Å². The lowest BCUT2D eigenvalue weighted by molar-refractivity contribution is -0.137. The second-order valence-corrected chi connectivity index (χ2v) is 8.49. The van der Waals surface area contributed by atoms with Crippen molar-refractivity contribution < 1.29 is 22.4 Å². The molecule has 1 atom stereocenters. The molecule has 0 saturated heterocycles. The fourth-order valence-electron chi connectivity index (χ4n) is 3.49. The lowest BCUT2D eigenvalue weighted by atomic mass is 10.1. The summed E-state index contributed by atoms with van der Waals surface area (Å²) in [5, 5.41) is 7.31. The van der Waals surface area contributed by atoms with Crippen molar-refractivity contribution in [3.63, 3.8) is 0 Å². The first-order valence-electron chi connectivity index (χ1n) is 9.37. The Bertz CT molecular complexity index is 1230. The number of benzene rings is 1. The first-order chi connectivity index (χ1) is 15.0. The molecule has 1 aromatic carbocycles. The highest BCUT2D eigenvalue weighted by Gasteiger charge is 2.36. The van der Waals surface area contributed by atoms with Crippen molar-refractivity contribution in [2.45, 2.75) is 24.9 Å². The first kappa shape index (κ1) is 22.3. The number of alkyl halides is 3. The van der Waals surface area contributed by atoms with Gasteiger partial charge in [-0.05, 0) is 36.6 Å². The number of amides is 1. The van der Waals surface area contributed by atoms with Gasteiger partial charge in [0.2, 0.25) is 0 Å². The Morgan fingerprint density at radius 1 is 1.38 bits per heavy atom. The lowest BCUT2D eigenvalue weighted by Gasteiger charge is -2.07. The SMILES string of the molecule is Cn1nc(C2=CC(c3csc(C(F)(F)F)n3)CC2)c(C(=O)Nc2ccc(F)c(Cl)c2)c1N. The highest BCUT2D eigenvalue weighted by molar-refractivity contribution is 7.09. The third-order valence-corrected chi connectivity index (χ3v) is 6.27. The van der Waals surface area contributed by atoms with Gasteiger partial charge in [0.15, 0.2) is 5.01 Å². The molecule has 1 amide bonds. The Kier molecular flexibility index (Phi) is 5.72. The fourth-order valence-corrected chi connectivity index (χ4v) is 4.42. The van der Waals surface area contributed by atoms with E-state index in [1.165, 1.54) is 22.2 Å². The second-order valence-electron chi connectivity index (χ2n) is 7.23. The molecule has 0 aliphatic heterocycles. The van der Waals surface area contributed by atoms with Gasteiger partial charge in [0.05, 0.1) is 10.7 Å². The number of nitrogens with zero attached hydrogens (tertiary/aromatic N) is 3. The van der Waals surface area contributed by atoms with Crippen LogP contribution in [0, 0.1) is 5.82 Å². The van der Waals surface area contributed by atoms with Gasteiger partial charge in [0, 0.05) is 24.0 Å². The summed E-state index contributed by atoms with van der Waals surface area (Å²) in [6.45, 7) is 0. The van der Waals surface area contributed by atoms with Crippen molar-refractivity contribution in [3.8, 4) is 0 Å². The number of nitrogens with two attached hydrogens (primary N) is 1. The quantitative estimate of drug-likeness (QED) is 0.479. The summed E-state index contributed by atoms with van der Waals surface area (Å²) in [5.41, 5.74) is 7.81. The smallest absolute Gasteiger partial charge is 0.383 e. The number of hydrogen-bond acceptors (Lipinski definition) is 5. The Morgan fingerprint density at radius 2 is 2.12 bits per heavy atom. The van der Waals surface area contributed by atoms with E-state index in [1.807, 2.05) is 0 Å². The number of rotatable bonds is 4. The van der Waals surface area contributed by atoms with Gasteiger partial charge >= 0.3 is 6.18 Å². The minimum atomic E-state index is -4.49. The monoisotopic (exact) mass is 485 g/mol. The van der Waals surface area contributed by atoms with Crippen LogP contribution in [-0.2, 0) is 13.2 Å². The average Bonchev–Trinajstić information content (AvgIpc) is 3.43. The summed E-state index contributed by atoms with van der Waals surface area (Å²) in [5.74, 6) is -1.40. The summed E-state index contributed by atoms with van der Waals surface area (Å²) >= 11 is 6.32. The molecule has 0 saturated carbocycles. The number of carbonyl (C=O) groups excluding carboxylic acids is 1. The summed E-state index contributed by atoms with van der Waals surface area (Å²) in [6.07, 6.45) is -1.70. The largest absolute Gasteiger partial charge is 0.443 e. The van der Waals surface area contributed by atoms with E-state index in [4.69, 9.17) is 17.3 Å². The van der Waals surface area contributed by atoms with Crippen molar-refractivity contribution in [1.29, 1.82) is 0 Å². The summed E-state index contributed by atoms with van der Waals surface area (Å²) < 4.78 is 53.4. The zero-order valence-corrected chi connectivity index (χ0v) is 18.1. The van der Waals surface area contributed by atoms with Gasteiger partial charge in [-0.1, -0.05) is 17.7 Å². The van der Waals surface area contributed by atoms with Crippen molar-refractivity contribution in [2.75, 3.05) is 11.1 Å². The number of halogens is 5. The number of aromatic nitrogens is 3. The van der Waals surface area contributed by atoms with Crippen molar-refractivity contribution in [1.82, 2.24) is 14.8 Å². The number of aryl methyl sites for hydroxylation is 1. The van der Waals surface area contributed by atoms with Crippen LogP contribution < -0.4 is 11.1 Å². The third kappa shape index (κ3) is 4.22. The van der Waals surface area contributed by atoms with Gasteiger partial charge in [-0.2, -0.15) is 18.3 Å². The van der Waals surface area contributed by atoms with Gasteiger partial charge < -0.3 is 11.1 Å². The van der Waals surface area contributed by atoms with Gasteiger partial charge in [-0.15, -0.1) is 11.3 Å². The summed E-state index contributed by atoms with van der Waals surface area (Å²) in [6, 6.07) is 3.75. The van der Waals surface area contributed by atoms with Crippen molar-refractivity contribution >= 4 is 45.9 Å². The number of anilines is 2. The molecule has 0 radical (unpaired) electrons. The van der Waals surface area contributed by atoms with Gasteiger partial charge in [-0.3, -0.25) is 9.48 Å². The highest BCUT2D eigenvalue weighted by atomic mass is 35.5. The van der Waals surface area contributed by atoms with Gasteiger partial charge in [0.25, 0.3) is 5.91 Å². The standard InChI is InChI=1S/C20H16ClF4N5OS/c1-30-17(26)15(18(31)27-11-4-5-13(22)12(21)7-11)16(29-30)10-3-2-9(6-10)14-8-32-19(28-14)20(23,24)25/h4-9H,2-3,26H2,1H3,(H,27,31). The molecule has 2 aromatic heterocycles. The van der Waals surface area contributed by atoms with Crippen LogP contribution in [0.1, 0.15) is 45.5 Å². The summed E-state index contributed by atoms with van der Waals surface area (Å²) in [7, 11) is 1.58. The van der Waals surface area contributed by atoms with E-state index < -0.39 is 22.9 Å². The van der Waals surface area contributed by atoms with Gasteiger partial charge in [-0.25, -0.2) is 9.37 Å². The van der Waals surface area contributed by atoms with E-state index in [9.17, 15) is 22.4 Å². The first-order valence-corrected chi connectivity index (χ1v) is 10.6. The minimum absolute atomic E-state index is 0.114. The Labute approximate surface area is 188 Å². The third-order valence-electron chi connectivity index (χ3n) is 5.07. The number of thiazole rings is 1. The lowest BCUT2D eigenvalue weighted by Crippen LogP contribution is -2.15. The maximum Gasteiger partial charge on any atom is 0.443 e. The molecule has 12 heteroatoms. The van der Waals surface area contributed by atoms with Crippen molar-refractivity contribution in [2.24, 2.45) is 7.05 Å². The fraction of sp³-hybridized carbons (Fsp3) is 0.250. The molecule has 4 rings (SSSR count). The van der Waals surface area contributed by atoms with Crippen LogP contribution in [0.3, 0.4) is 0 Å². The summed E-state index contributed by atoms with van der Waals surface area (Å²) in [4.78, 5) is 16.7. The molecular formula is C20H16ClF4N5OS. The maximum atomic E-state index is 13.4. The molecule has 1 aliphatic rings. The molecule has 6 nitrogen and oxygen atoms in total. The molecule has 168 valence electrons. The predicted molar refractivity (Wildman–Crippen MR) is 114 cm³/mol. The minimum Gasteiger partial charge on any atom is -0.383 e. The average molecular weight is 486 g/mol. The molecule has 3 aromatic rings. The zero-order chi connectivity index (χ0) is 23.2. The van der Waals surface area contributed by atoms with Crippen LogP contribution in [-0.4, -0.2) is 20.7 Å². The van der Waals surface area contributed by atoms with Crippen LogP contribution in [0.4, 0.5) is 29.1 Å². The predicted octanol–water partition coefficient (Wildman–Crippen LogP) is 5.48. The molecule has 1 aliphatic carbocycles. The van der Waals surface area contributed by atoms with Crippen LogP contribution in [0.25, 0.3) is 5.57 Å². The molecule has 32 heavy (non-hydrogen) atoms. The molecule has 2 heterocycles. The molecule has 0 fully saturated rings. The molecule has 0 spiro atoms. The van der Waals surface area contributed by atoms with E-state index in [1.54, 1.807) is 13.1 Å².